The van der Waals surface area contributed by atoms with Crippen molar-refractivity contribution in [1.82, 2.24) is 9.03 Å². The zero-order chi connectivity index (χ0) is 10.9. The number of carboxylic acid groups (broad SMARTS) is 1. The number of hydrogen-bond donors (Lipinski definition) is 2. The van der Waals surface area contributed by atoms with E-state index >= 15 is 0 Å². The molecule has 1 fully saturated rings. The lowest BCUT2D eigenvalue weighted by Gasteiger charge is -2.14. The zero-order valence-corrected chi connectivity index (χ0v) is 8.91. The molecule has 82 valence electrons. The summed E-state index contributed by atoms with van der Waals surface area (Å²) < 4.78 is 26.0. The summed E-state index contributed by atoms with van der Waals surface area (Å²) in [5.41, 5.74) is 0. The fraction of sp³-hybridized carbons (Fsp3) is 0.857. The number of rotatable bonds is 3. The molecular formula is C7H14N2O4S. The molecule has 0 aliphatic carbocycles. The standard InChI is InChI=1S/C7H14N2O4S/c1-5-3-9(14(12,13)8-2)4-6(5)7(10)11/h5-6,8H,3-4H2,1-2H3,(H,10,11). The summed E-state index contributed by atoms with van der Waals surface area (Å²) in [7, 11) is -2.16. The molecule has 0 radical (unpaired) electrons. The Labute approximate surface area is 83.1 Å². The van der Waals surface area contributed by atoms with Crippen LogP contribution in [0.1, 0.15) is 6.92 Å². The fourth-order valence-corrected chi connectivity index (χ4v) is 2.62. The summed E-state index contributed by atoms with van der Waals surface area (Å²) in [4.78, 5) is 10.7. The third kappa shape index (κ3) is 2.05. The van der Waals surface area contributed by atoms with Gasteiger partial charge >= 0.3 is 5.97 Å². The highest BCUT2D eigenvalue weighted by Gasteiger charge is 2.39. The van der Waals surface area contributed by atoms with E-state index in [2.05, 4.69) is 4.72 Å². The molecule has 1 rings (SSSR count). The molecule has 2 N–H and O–H groups in total. The lowest BCUT2D eigenvalue weighted by atomic mass is 9.99. The monoisotopic (exact) mass is 222 g/mol. The SMILES string of the molecule is CNS(=O)(=O)N1CC(C)C(C(=O)O)C1. The topological polar surface area (TPSA) is 86.7 Å². The van der Waals surface area contributed by atoms with Gasteiger partial charge in [-0.15, -0.1) is 0 Å². The van der Waals surface area contributed by atoms with Crippen molar-refractivity contribution < 1.29 is 18.3 Å². The normalized spacial score (nSPS) is 29.3. The Kier molecular flexibility index (Phi) is 3.13. The third-order valence-corrected chi connectivity index (χ3v) is 3.99. The van der Waals surface area contributed by atoms with Gasteiger partial charge in [-0.25, -0.2) is 4.72 Å². The number of aliphatic carboxylic acids is 1. The number of nitrogens with one attached hydrogen (secondary N) is 1. The molecule has 2 unspecified atom stereocenters. The first kappa shape index (κ1) is 11.4. The van der Waals surface area contributed by atoms with Crippen molar-refractivity contribution in [1.29, 1.82) is 0 Å². The molecule has 0 aromatic heterocycles. The van der Waals surface area contributed by atoms with Crippen LogP contribution in [0.15, 0.2) is 0 Å². The number of hydrogen-bond acceptors (Lipinski definition) is 3. The van der Waals surface area contributed by atoms with Gasteiger partial charge in [-0.05, 0) is 5.92 Å². The molecule has 2 atom stereocenters. The Balaban J connectivity index is 2.78. The van der Waals surface area contributed by atoms with Gasteiger partial charge in [-0.3, -0.25) is 4.79 Å². The zero-order valence-electron chi connectivity index (χ0n) is 8.10. The van der Waals surface area contributed by atoms with E-state index in [0.717, 1.165) is 4.31 Å². The Bertz CT molecular complexity index is 327. The van der Waals surface area contributed by atoms with Gasteiger partial charge in [0.25, 0.3) is 10.2 Å². The molecule has 14 heavy (non-hydrogen) atoms. The van der Waals surface area contributed by atoms with E-state index in [9.17, 15) is 13.2 Å². The van der Waals surface area contributed by atoms with Crippen LogP contribution in [0, 0.1) is 11.8 Å². The van der Waals surface area contributed by atoms with Crippen LogP contribution >= 0.6 is 0 Å². The molecule has 1 aliphatic rings. The first-order chi connectivity index (χ1) is 6.38. The summed E-state index contributed by atoms with van der Waals surface area (Å²) in [6.07, 6.45) is 0. The summed E-state index contributed by atoms with van der Waals surface area (Å²) >= 11 is 0. The Morgan fingerprint density at radius 3 is 2.43 bits per heavy atom. The number of carbonyl (C=O) groups is 1. The van der Waals surface area contributed by atoms with Crippen molar-refractivity contribution in [3.8, 4) is 0 Å². The summed E-state index contributed by atoms with van der Waals surface area (Å²) in [6.45, 7) is 2.06. The molecule has 1 saturated heterocycles. The smallest absolute Gasteiger partial charge is 0.308 e. The van der Waals surface area contributed by atoms with E-state index in [-0.39, 0.29) is 19.0 Å². The maximum Gasteiger partial charge on any atom is 0.308 e. The molecule has 0 bridgehead atoms. The average molecular weight is 222 g/mol. The predicted octanol–water partition coefficient (Wildman–Crippen LogP) is -0.897. The van der Waals surface area contributed by atoms with Gasteiger partial charge in [0, 0.05) is 20.1 Å². The molecule has 0 amide bonds. The number of carboxylic acids is 1. The van der Waals surface area contributed by atoms with Gasteiger partial charge in [0.15, 0.2) is 0 Å². The summed E-state index contributed by atoms with van der Waals surface area (Å²) in [5, 5.41) is 8.80. The van der Waals surface area contributed by atoms with Crippen LogP contribution < -0.4 is 4.72 Å². The van der Waals surface area contributed by atoms with Crippen molar-refractivity contribution >= 4 is 16.2 Å². The minimum atomic E-state index is -3.48. The van der Waals surface area contributed by atoms with Crippen molar-refractivity contribution in [2.24, 2.45) is 11.8 Å². The second kappa shape index (κ2) is 3.84. The van der Waals surface area contributed by atoms with Crippen molar-refractivity contribution in [2.75, 3.05) is 20.1 Å². The number of nitrogens with zero attached hydrogens (tertiary/aromatic N) is 1. The Morgan fingerprint density at radius 2 is 2.07 bits per heavy atom. The van der Waals surface area contributed by atoms with Crippen LogP contribution in [0.4, 0.5) is 0 Å². The van der Waals surface area contributed by atoms with Crippen molar-refractivity contribution in [2.45, 2.75) is 6.92 Å². The maximum absolute atomic E-state index is 11.3. The first-order valence-corrected chi connectivity index (χ1v) is 5.74. The van der Waals surface area contributed by atoms with Crippen LogP contribution in [0.5, 0.6) is 0 Å². The van der Waals surface area contributed by atoms with E-state index in [0.29, 0.717) is 0 Å². The lowest BCUT2D eigenvalue weighted by molar-refractivity contribution is -0.142. The molecule has 1 heterocycles. The van der Waals surface area contributed by atoms with E-state index in [4.69, 9.17) is 5.11 Å². The van der Waals surface area contributed by atoms with Crippen molar-refractivity contribution in [3.63, 3.8) is 0 Å². The quantitative estimate of drug-likeness (QED) is 0.648. The van der Waals surface area contributed by atoms with E-state index in [1.165, 1.54) is 7.05 Å². The van der Waals surface area contributed by atoms with Gasteiger partial charge < -0.3 is 5.11 Å². The van der Waals surface area contributed by atoms with Gasteiger partial charge in [0.1, 0.15) is 0 Å². The molecule has 0 saturated carbocycles. The van der Waals surface area contributed by atoms with E-state index in [1.807, 2.05) is 0 Å². The van der Waals surface area contributed by atoms with Crippen LogP contribution in [0.25, 0.3) is 0 Å². The van der Waals surface area contributed by atoms with Crippen molar-refractivity contribution in [3.05, 3.63) is 0 Å². The van der Waals surface area contributed by atoms with Gasteiger partial charge in [-0.1, -0.05) is 6.92 Å². The molecule has 0 spiro atoms. The first-order valence-electron chi connectivity index (χ1n) is 4.30. The molecule has 7 heteroatoms. The fourth-order valence-electron chi connectivity index (χ4n) is 1.57. The molecule has 6 nitrogen and oxygen atoms in total. The minimum Gasteiger partial charge on any atom is -0.481 e. The van der Waals surface area contributed by atoms with Gasteiger partial charge in [0.2, 0.25) is 0 Å². The second-order valence-electron chi connectivity index (χ2n) is 3.45. The van der Waals surface area contributed by atoms with E-state index in [1.54, 1.807) is 6.92 Å². The average Bonchev–Trinajstić information content (AvgIpc) is 2.48. The van der Waals surface area contributed by atoms with Crippen LogP contribution in [-0.4, -0.2) is 43.9 Å². The summed E-state index contributed by atoms with van der Waals surface area (Å²) in [5.74, 6) is -1.68. The highest BCUT2D eigenvalue weighted by atomic mass is 32.2. The lowest BCUT2D eigenvalue weighted by Crippen LogP contribution is -2.37. The Hall–Kier alpha value is -0.660. The van der Waals surface area contributed by atoms with Crippen LogP contribution in [-0.2, 0) is 15.0 Å². The van der Waals surface area contributed by atoms with Crippen LogP contribution in [0.2, 0.25) is 0 Å². The highest BCUT2D eigenvalue weighted by Crippen LogP contribution is 2.24. The Morgan fingerprint density at radius 1 is 1.50 bits per heavy atom. The summed E-state index contributed by atoms with van der Waals surface area (Å²) in [6, 6.07) is 0. The van der Waals surface area contributed by atoms with Crippen LogP contribution in [0.3, 0.4) is 0 Å². The maximum atomic E-state index is 11.3. The molecular weight excluding hydrogens is 208 g/mol. The second-order valence-corrected chi connectivity index (χ2v) is 5.32. The van der Waals surface area contributed by atoms with Gasteiger partial charge in [0.05, 0.1) is 5.92 Å². The molecule has 1 aliphatic heterocycles. The minimum absolute atomic E-state index is 0.0552. The van der Waals surface area contributed by atoms with E-state index < -0.39 is 22.1 Å². The van der Waals surface area contributed by atoms with Gasteiger partial charge in [-0.2, -0.15) is 12.7 Å². The third-order valence-electron chi connectivity index (χ3n) is 2.49. The predicted molar refractivity (Wildman–Crippen MR) is 49.8 cm³/mol. The largest absolute Gasteiger partial charge is 0.481 e. The highest BCUT2D eigenvalue weighted by molar-refractivity contribution is 7.87. The molecule has 0 aromatic carbocycles. The molecule has 0 aromatic rings.